The summed E-state index contributed by atoms with van der Waals surface area (Å²) in [7, 11) is -2.28. The molecule has 1 rings (SSSR count). The van der Waals surface area contributed by atoms with E-state index in [1.54, 1.807) is 0 Å². The average Bonchev–Trinajstić information content (AvgIpc) is 2.30. The summed E-state index contributed by atoms with van der Waals surface area (Å²) in [6.45, 7) is 9.14. The predicted octanol–water partition coefficient (Wildman–Crippen LogP) is 2.77. The molecule has 0 fully saturated rings. The Hall–Kier alpha value is -1.14. The van der Waals surface area contributed by atoms with Crippen molar-refractivity contribution in [3.8, 4) is 0 Å². The molecule has 2 N–H and O–H groups in total. The first kappa shape index (κ1) is 16.9. The SMILES string of the molecule is Cc1c(F)cc(N)cc1S(=O)(=O)N(C)C(C)C(C)(C)C. The van der Waals surface area contributed by atoms with Gasteiger partial charge < -0.3 is 5.73 Å². The van der Waals surface area contributed by atoms with Gasteiger partial charge >= 0.3 is 0 Å². The van der Waals surface area contributed by atoms with Crippen molar-refractivity contribution in [1.82, 2.24) is 4.31 Å². The lowest BCUT2D eigenvalue weighted by atomic mass is 9.88. The van der Waals surface area contributed by atoms with Crippen LogP contribution >= 0.6 is 0 Å². The normalized spacial score (nSPS) is 14.6. The third-order valence-electron chi connectivity index (χ3n) is 3.77. The molecule has 1 unspecified atom stereocenters. The molecule has 0 spiro atoms. The highest BCUT2D eigenvalue weighted by molar-refractivity contribution is 7.89. The highest BCUT2D eigenvalue weighted by atomic mass is 32.2. The van der Waals surface area contributed by atoms with Crippen molar-refractivity contribution in [3.63, 3.8) is 0 Å². The summed E-state index contributed by atoms with van der Waals surface area (Å²) < 4.78 is 40.3. The Morgan fingerprint density at radius 1 is 1.30 bits per heavy atom. The van der Waals surface area contributed by atoms with Gasteiger partial charge in [-0.2, -0.15) is 4.31 Å². The fourth-order valence-corrected chi connectivity index (χ4v) is 3.66. The van der Waals surface area contributed by atoms with Crippen molar-refractivity contribution in [2.45, 2.75) is 45.6 Å². The zero-order valence-corrected chi connectivity index (χ0v) is 13.7. The molecule has 20 heavy (non-hydrogen) atoms. The molecule has 0 radical (unpaired) electrons. The van der Waals surface area contributed by atoms with Crippen molar-refractivity contribution < 1.29 is 12.8 Å². The zero-order valence-electron chi connectivity index (χ0n) is 12.9. The smallest absolute Gasteiger partial charge is 0.243 e. The van der Waals surface area contributed by atoms with Crippen LogP contribution < -0.4 is 5.73 Å². The molecule has 0 saturated heterocycles. The van der Waals surface area contributed by atoms with Gasteiger partial charge in [0, 0.05) is 24.3 Å². The van der Waals surface area contributed by atoms with Crippen LogP contribution in [0.25, 0.3) is 0 Å². The van der Waals surface area contributed by atoms with Crippen LogP contribution in [0.4, 0.5) is 10.1 Å². The molecule has 0 heterocycles. The molecule has 6 heteroatoms. The summed E-state index contributed by atoms with van der Waals surface area (Å²) >= 11 is 0. The molecule has 1 atom stereocenters. The van der Waals surface area contributed by atoms with Gasteiger partial charge in [-0.1, -0.05) is 20.8 Å². The fourth-order valence-electron chi connectivity index (χ4n) is 1.85. The van der Waals surface area contributed by atoms with Gasteiger partial charge in [0.2, 0.25) is 10.0 Å². The minimum absolute atomic E-state index is 0.0754. The molecular formula is C14H23FN2O2S. The second-order valence-electron chi connectivity index (χ2n) is 6.19. The van der Waals surface area contributed by atoms with E-state index in [4.69, 9.17) is 5.73 Å². The standard InChI is InChI=1S/C14H23FN2O2S/c1-9-12(15)7-11(16)8-13(9)20(18,19)17(6)10(2)14(3,4)5/h7-8,10H,16H2,1-6H3. The van der Waals surface area contributed by atoms with Crippen LogP contribution in [0.2, 0.25) is 0 Å². The average molecular weight is 302 g/mol. The number of hydrogen-bond donors (Lipinski definition) is 1. The molecule has 1 aromatic rings. The number of nitrogens with zero attached hydrogens (tertiary/aromatic N) is 1. The molecular weight excluding hydrogens is 279 g/mol. The lowest BCUT2D eigenvalue weighted by Gasteiger charge is -2.34. The van der Waals surface area contributed by atoms with Gasteiger partial charge in [0.1, 0.15) is 5.82 Å². The number of sulfonamides is 1. The van der Waals surface area contributed by atoms with E-state index in [1.165, 1.54) is 24.3 Å². The lowest BCUT2D eigenvalue weighted by molar-refractivity contribution is 0.216. The quantitative estimate of drug-likeness (QED) is 0.873. The maximum atomic E-state index is 13.7. The summed E-state index contributed by atoms with van der Waals surface area (Å²) in [5, 5.41) is 0. The van der Waals surface area contributed by atoms with Gasteiger partial charge in [-0.15, -0.1) is 0 Å². The molecule has 0 aliphatic heterocycles. The Morgan fingerprint density at radius 2 is 1.80 bits per heavy atom. The van der Waals surface area contributed by atoms with Crippen molar-refractivity contribution in [2.75, 3.05) is 12.8 Å². The lowest BCUT2D eigenvalue weighted by Crippen LogP contribution is -2.43. The minimum Gasteiger partial charge on any atom is -0.399 e. The van der Waals surface area contributed by atoms with Crippen LogP contribution in [-0.2, 0) is 10.0 Å². The van der Waals surface area contributed by atoms with Crippen molar-refractivity contribution in [2.24, 2.45) is 5.41 Å². The first-order valence-electron chi connectivity index (χ1n) is 6.42. The van der Waals surface area contributed by atoms with E-state index < -0.39 is 15.8 Å². The topological polar surface area (TPSA) is 63.4 Å². The van der Waals surface area contributed by atoms with Gasteiger partial charge in [-0.05, 0) is 31.4 Å². The second kappa shape index (κ2) is 5.33. The number of anilines is 1. The molecule has 0 saturated carbocycles. The fraction of sp³-hybridized carbons (Fsp3) is 0.571. The minimum atomic E-state index is -3.78. The Kier molecular flexibility index (Phi) is 4.51. The van der Waals surface area contributed by atoms with E-state index in [0.717, 1.165) is 6.07 Å². The molecule has 0 amide bonds. The van der Waals surface area contributed by atoms with Crippen molar-refractivity contribution in [3.05, 3.63) is 23.5 Å². The van der Waals surface area contributed by atoms with Crippen LogP contribution in [0, 0.1) is 18.2 Å². The summed E-state index contributed by atoms with van der Waals surface area (Å²) in [4.78, 5) is -0.0754. The highest BCUT2D eigenvalue weighted by Gasteiger charge is 2.33. The van der Waals surface area contributed by atoms with Crippen LogP contribution in [0.5, 0.6) is 0 Å². The number of nitrogens with two attached hydrogens (primary N) is 1. The van der Waals surface area contributed by atoms with E-state index in [2.05, 4.69) is 0 Å². The van der Waals surface area contributed by atoms with E-state index >= 15 is 0 Å². The summed E-state index contributed by atoms with van der Waals surface area (Å²) in [5.41, 5.74) is 5.53. The van der Waals surface area contributed by atoms with Gasteiger partial charge in [0.25, 0.3) is 0 Å². The monoisotopic (exact) mass is 302 g/mol. The van der Waals surface area contributed by atoms with E-state index in [-0.39, 0.29) is 27.6 Å². The Morgan fingerprint density at radius 3 is 2.25 bits per heavy atom. The number of benzene rings is 1. The third kappa shape index (κ3) is 3.12. The predicted molar refractivity (Wildman–Crippen MR) is 79.4 cm³/mol. The Balaban J connectivity index is 3.38. The van der Waals surface area contributed by atoms with Crippen LogP contribution in [0.3, 0.4) is 0 Å². The molecule has 0 aliphatic rings. The summed E-state index contributed by atoms with van der Waals surface area (Å²) in [6, 6.07) is 2.19. The zero-order chi connectivity index (χ0) is 15.9. The van der Waals surface area contributed by atoms with Gasteiger partial charge in [-0.25, -0.2) is 12.8 Å². The maximum Gasteiger partial charge on any atom is 0.243 e. The second-order valence-corrected chi connectivity index (χ2v) is 8.16. The number of nitrogen functional groups attached to an aromatic ring is 1. The molecule has 114 valence electrons. The molecule has 1 aromatic carbocycles. The molecule has 4 nitrogen and oxygen atoms in total. The molecule has 0 bridgehead atoms. The molecule has 0 aromatic heterocycles. The summed E-state index contributed by atoms with van der Waals surface area (Å²) in [5.74, 6) is -0.611. The van der Waals surface area contributed by atoms with Crippen LogP contribution in [-0.4, -0.2) is 25.8 Å². The third-order valence-corrected chi connectivity index (χ3v) is 5.83. The van der Waals surface area contributed by atoms with E-state index in [1.807, 2.05) is 27.7 Å². The number of rotatable bonds is 3. The van der Waals surface area contributed by atoms with Gasteiger partial charge in [0.15, 0.2) is 0 Å². The van der Waals surface area contributed by atoms with E-state index in [0.29, 0.717) is 0 Å². The highest BCUT2D eigenvalue weighted by Crippen LogP contribution is 2.30. The molecule has 0 aliphatic carbocycles. The number of hydrogen-bond acceptors (Lipinski definition) is 3. The Bertz CT molecular complexity index is 606. The largest absolute Gasteiger partial charge is 0.399 e. The first-order valence-corrected chi connectivity index (χ1v) is 7.86. The van der Waals surface area contributed by atoms with Crippen LogP contribution in [0.15, 0.2) is 17.0 Å². The van der Waals surface area contributed by atoms with Crippen LogP contribution in [0.1, 0.15) is 33.3 Å². The van der Waals surface area contributed by atoms with Crippen molar-refractivity contribution in [1.29, 1.82) is 0 Å². The Labute approximate surface area is 120 Å². The van der Waals surface area contributed by atoms with Gasteiger partial charge in [-0.3, -0.25) is 0 Å². The first-order chi connectivity index (χ1) is 8.89. The van der Waals surface area contributed by atoms with Gasteiger partial charge in [0.05, 0.1) is 4.90 Å². The van der Waals surface area contributed by atoms with Crippen molar-refractivity contribution >= 4 is 15.7 Å². The number of halogens is 1. The van der Waals surface area contributed by atoms with E-state index in [9.17, 15) is 12.8 Å². The maximum absolute atomic E-state index is 13.7. The summed E-state index contributed by atoms with van der Waals surface area (Å²) in [6.07, 6.45) is 0.